The van der Waals surface area contributed by atoms with Gasteiger partial charge in [-0.15, -0.1) is 11.3 Å². The van der Waals surface area contributed by atoms with Gasteiger partial charge in [0.25, 0.3) is 17.7 Å². The molecule has 0 saturated carbocycles. The third-order valence-corrected chi connectivity index (χ3v) is 6.17. The number of ether oxygens (including phenoxy) is 1. The second-order valence-electron chi connectivity index (χ2n) is 8.09. The van der Waals surface area contributed by atoms with Crippen molar-refractivity contribution in [2.45, 2.75) is 26.9 Å². The number of aromatic nitrogens is 1. The quantitative estimate of drug-likeness (QED) is 0.339. The molecule has 3 amide bonds. The summed E-state index contributed by atoms with van der Waals surface area (Å²) < 4.78 is 5.19. The van der Waals surface area contributed by atoms with E-state index in [1.165, 1.54) is 41.7 Å². The maximum Gasteiger partial charge on any atom is 0.338 e. The molecule has 0 bridgehead atoms. The molecule has 3 aromatic rings. The molecule has 1 aliphatic rings. The number of imide groups is 1. The Kier molecular flexibility index (Phi) is 7.18. The highest BCUT2D eigenvalue weighted by Gasteiger charge is 2.39. The first-order chi connectivity index (χ1) is 17.1. The summed E-state index contributed by atoms with van der Waals surface area (Å²) in [6, 6.07) is 12.4. The number of rotatable bonds is 7. The Bertz CT molecular complexity index is 1410. The van der Waals surface area contributed by atoms with Gasteiger partial charge in [-0.2, -0.15) is 0 Å². The SMILES string of the molecule is Cc1csc(NC(=O)c2cccc(NC3=C(Cl)C(=O)N(c4cccc(C(=O)OC(C)C)c4)C3=O)c2)n1. The lowest BCUT2D eigenvalue weighted by Gasteiger charge is -2.16. The predicted octanol–water partition coefficient (Wildman–Crippen LogP) is 4.70. The van der Waals surface area contributed by atoms with Crippen molar-refractivity contribution in [2.24, 2.45) is 0 Å². The van der Waals surface area contributed by atoms with E-state index in [-0.39, 0.29) is 34.0 Å². The number of carbonyl (C=O) groups is 4. The molecule has 4 rings (SSSR count). The van der Waals surface area contributed by atoms with Crippen LogP contribution in [0, 0.1) is 6.92 Å². The first-order valence-electron chi connectivity index (χ1n) is 10.8. The number of amides is 3. The summed E-state index contributed by atoms with van der Waals surface area (Å²) in [5.74, 6) is -2.40. The Hall–Kier alpha value is -4.02. The van der Waals surface area contributed by atoms with Crippen molar-refractivity contribution >= 4 is 63.1 Å². The number of anilines is 3. The number of hydrogen-bond acceptors (Lipinski definition) is 8. The molecule has 36 heavy (non-hydrogen) atoms. The van der Waals surface area contributed by atoms with Crippen LogP contribution >= 0.6 is 22.9 Å². The van der Waals surface area contributed by atoms with Gasteiger partial charge in [-0.1, -0.05) is 23.7 Å². The van der Waals surface area contributed by atoms with E-state index >= 15 is 0 Å². The van der Waals surface area contributed by atoms with Crippen molar-refractivity contribution in [1.29, 1.82) is 0 Å². The number of hydrogen-bond donors (Lipinski definition) is 2. The van der Waals surface area contributed by atoms with Crippen molar-refractivity contribution in [2.75, 3.05) is 15.5 Å². The highest BCUT2D eigenvalue weighted by atomic mass is 35.5. The minimum Gasteiger partial charge on any atom is -0.459 e. The number of carbonyl (C=O) groups excluding carboxylic acids is 4. The van der Waals surface area contributed by atoms with Crippen molar-refractivity contribution in [3.8, 4) is 0 Å². The summed E-state index contributed by atoms with van der Waals surface area (Å²) in [5.41, 5.74) is 1.70. The minimum absolute atomic E-state index is 0.148. The number of esters is 1. The van der Waals surface area contributed by atoms with Crippen LogP contribution < -0.4 is 15.5 Å². The van der Waals surface area contributed by atoms with Crippen LogP contribution in [0.25, 0.3) is 0 Å². The fourth-order valence-electron chi connectivity index (χ4n) is 3.36. The van der Waals surface area contributed by atoms with Crippen LogP contribution in [0.3, 0.4) is 0 Å². The number of thiazole rings is 1. The van der Waals surface area contributed by atoms with Gasteiger partial charge < -0.3 is 10.1 Å². The normalized spacial score (nSPS) is 13.4. The third-order valence-electron chi connectivity index (χ3n) is 4.94. The van der Waals surface area contributed by atoms with Crippen LogP contribution in [-0.2, 0) is 14.3 Å². The first kappa shape index (κ1) is 25.1. The largest absolute Gasteiger partial charge is 0.459 e. The first-order valence-corrected chi connectivity index (χ1v) is 12.1. The summed E-state index contributed by atoms with van der Waals surface area (Å²) in [6.07, 6.45) is -0.327. The molecule has 0 atom stereocenters. The fourth-order valence-corrected chi connectivity index (χ4v) is 4.26. The minimum atomic E-state index is -0.744. The van der Waals surface area contributed by atoms with E-state index < -0.39 is 17.8 Å². The molecule has 0 spiro atoms. The monoisotopic (exact) mass is 524 g/mol. The lowest BCUT2D eigenvalue weighted by atomic mass is 10.2. The zero-order valence-corrected chi connectivity index (χ0v) is 21.1. The van der Waals surface area contributed by atoms with Crippen LogP contribution in [0.5, 0.6) is 0 Å². The van der Waals surface area contributed by atoms with Gasteiger partial charge in [0.15, 0.2) is 5.13 Å². The molecule has 0 fully saturated rings. The molecule has 0 radical (unpaired) electrons. The molecule has 1 aromatic heterocycles. The van der Waals surface area contributed by atoms with Crippen LogP contribution in [0.1, 0.15) is 40.3 Å². The summed E-state index contributed by atoms with van der Waals surface area (Å²) in [6.45, 7) is 5.26. The summed E-state index contributed by atoms with van der Waals surface area (Å²) in [4.78, 5) is 55.9. The molecule has 11 heteroatoms. The molecule has 0 aliphatic carbocycles. The maximum atomic E-state index is 13.2. The van der Waals surface area contributed by atoms with Gasteiger partial charge in [-0.25, -0.2) is 14.7 Å². The molecular formula is C25H21ClN4O5S. The third kappa shape index (κ3) is 5.29. The number of halogens is 1. The highest BCUT2D eigenvalue weighted by molar-refractivity contribution is 7.13. The van der Waals surface area contributed by atoms with E-state index in [2.05, 4.69) is 15.6 Å². The number of aryl methyl sites for hydroxylation is 1. The smallest absolute Gasteiger partial charge is 0.338 e. The van der Waals surface area contributed by atoms with E-state index in [1.807, 2.05) is 12.3 Å². The Balaban J connectivity index is 1.53. The second-order valence-corrected chi connectivity index (χ2v) is 9.33. The van der Waals surface area contributed by atoms with Crippen molar-refractivity contribution in [3.05, 3.63) is 81.5 Å². The van der Waals surface area contributed by atoms with Crippen LogP contribution in [0.15, 0.2) is 64.6 Å². The zero-order valence-electron chi connectivity index (χ0n) is 19.5. The van der Waals surface area contributed by atoms with Crippen LogP contribution in [0.2, 0.25) is 0 Å². The van der Waals surface area contributed by atoms with Crippen LogP contribution in [0.4, 0.5) is 16.5 Å². The molecule has 184 valence electrons. The lowest BCUT2D eigenvalue weighted by molar-refractivity contribution is -0.120. The van der Waals surface area contributed by atoms with Crippen molar-refractivity contribution < 1.29 is 23.9 Å². The number of nitrogens with zero attached hydrogens (tertiary/aromatic N) is 2. The Labute approximate surface area is 215 Å². The molecule has 2 N–H and O–H groups in total. The molecule has 0 saturated heterocycles. The second kappa shape index (κ2) is 10.3. The summed E-state index contributed by atoms with van der Waals surface area (Å²) >= 11 is 7.54. The summed E-state index contributed by atoms with van der Waals surface area (Å²) in [5, 5.41) is 7.53. The Morgan fingerprint density at radius 1 is 1.06 bits per heavy atom. The van der Waals surface area contributed by atoms with Gasteiger partial charge in [-0.3, -0.25) is 19.7 Å². The number of benzene rings is 2. The van der Waals surface area contributed by atoms with E-state index in [9.17, 15) is 19.2 Å². The highest BCUT2D eigenvalue weighted by Crippen LogP contribution is 2.31. The summed E-state index contributed by atoms with van der Waals surface area (Å²) in [7, 11) is 0. The predicted molar refractivity (Wildman–Crippen MR) is 137 cm³/mol. The maximum absolute atomic E-state index is 13.2. The van der Waals surface area contributed by atoms with E-state index in [0.717, 1.165) is 10.6 Å². The van der Waals surface area contributed by atoms with E-state index in [4.69, 9.17) is 16.3 Å². The lowest BCUT2D eigenvalue weighted by Crippen LogP contribution is -2.32. The van der Waals surface area contributed by atoms with Gasteiger partial charge in [0.1, 0.15) is 10.7 Å². The van der Waals surface area contributed by atoms with Gasteiger partial charge in [0.05, 0.1) is 23.0 Å². The number of nitrogens with one attached hydrogen (secondary N) is 2. The van der Waals surface area contributed by atoms with E-state index in [1.54, 1.807) is 32.0 Å². The molecule has 2 aromatic carbocycles. The fraction of sp³-hybridized carbons (Fsp3) is 0.160. The molecular weight excluding hydrogens is 504 g/mol. The average Bonchev–Trinajstić information content (AvgIpc) is 3.34. The van der Waals surface area contributed by atoms with E-state index in [0.29, 0.717) is 16.4 Å². The molecule has 2 heterocycles. The molecule has 9 nitrogen and oxygen atoms in total. The van der Waals surface area contributed by atoms with Crippen molar-refractivity contribution in [3.63, 3.8) is 0 Å². The molecule has 0 unspecified atom stereocenters. The van der Waals surface area contributed by atoms with Gasteiger partial charge in [-0.05, 0) is 57.2 Å². The van der Waals surface area contributed by atoms with Gasteiger partial charge in [0.2, 0.25) is 0 Å². The topological polar surface area (TPSA) is 118 Å². The van der Waals surface area contributed by atoms with Gasteiger partial charge >= 0.3 is 5.97 Å². The standard InChI is InChI=1S/C25H21ClN4O5S/c1-13(2)35-24(34)16-7-5-9-18(11-16)30-22(32)19(26)20(23(30)33)28-17-8-4-6-15(10-17)21(31)29-25-27-14(3)12-36-25/h4-13,28H,1-3H3,(H,27,29,31). The Morgan fingerprint density at radius 2 is 1.78 bits per heavy atom. The van der Waals surface area contributed by atoms with Gasteiger partial charge in [0, 0.05) is 16.6 Å². The molecule has 1 aliphatic heterocycles. The van der Waals surface area contributed by atoms with Crippen molar-refractivity contribution in [1.82, 2.24) is 4.98 Å². The average molecular weight is 525 g/mol. The zero-order chi connectivity index (χ0) is 26.0. The van der Waals surface area contributed by atoms with Crippen LogP contribution in [-0.4, -0.2) is 34.8 Å². The Morgan fingerprint density at radius 3 is 2.47 bits per heavy atom.